The van der Waals surface area contributed by atoms with Crippen LogP contribution in [-0.2, 0) is 9.53 Å². The molecule has 0 aromatic rings. The molecule has 0 aliphatic rings. The Kier molecular flexibility index (Phi) is 8.38. The van der Waals surface area contributed by atoms with Crippen molar-refractivity contribution in [2.45, 2.75) is 59.0 Å². The van der Waals surface area contributed by atoms with Gasteiger partial charge in [0.25, 0.3) is 0 Å². The van der Waals surface area contributed by atoms with Gasteiger partial charge in [0, 0.05) is 6.42 Å². The van der Waals surface area contributed by atoms with Gasteiger partial charge in [-0.1, -0.05) is 33.6 Å². The van der Waals surface area contributed by atoms with E-state index in [0.717, 1.165) is 19.3 Å². The number of esters is 1. The first kappa shape index (κ1) is 14.4. The molecule has 90 valence electrons. The third kappa shape index (κ3) is 6.50. The summed E-state index contributed by atoms with van der Waals surface area (Å²) in [7, 11) is 0. The molecular weight excluding hydrogens is 192 g/mol. The Bertz CT molecular complexity index is 164. The molecule has 1 unspecified atom stereocenters. The SMILES string of the molecule is CCCOC(=O)CCC(O)C(CC)CC. The molecule has 0 fully saturated rings. The third-order valence-corrected chi connectivity index (χ3v) is 2.70. The third-order valence-electron chi connectivity index (χ3n) is 2.70. The number of rotatable bonds is 8. The Morgan fingerprint density at radius 2 is 1.87 bits per heavy atom. The highest BCUT2D eigenvalue weighted by atomic mass is 16.5. The molecule has 3 nitrogen and oxygen atoms in total. The molecule has 1 N–H and O–H groups in total. The van der Waals surface area contributed by atoms with Crippen LogP contribution < -0.4 is 0 Å². The lowest BCUT2D eigenvalue weighted by molar-refractivity contribution is -0.144. The van der Waals surface area contributed by atoms with Crippen LogP contribution in [-0.4, -0.2) is 23.8 Å². The van der Waals surface area contributed by atoms with Gasteiger partial charge >= 0.3 is 5.97 Å². The maximum absolute atomic E-state index is 11.2. The molecule has 0 aliphatic heterocycles. The van der Waals surface area contributed by atoms with Crippen LogP contribution in [0.25, 0.3) is 0 Å². The summed E-state index contributed by atoms with van der Waals surface area (Å²) < 4.78 is 4.94. The summed E-state index contributed by atoms with van der Waals surface area (Å²) in [4.78, 5) is 11.2. The van der Waals surface area contributed by atoms with Crippen molar-refractivity contribution in [2.24, 2.45) is 5.92 Å². The number of carbonyl (C=O) groups is 1. The molecule has 0 bridgehead atoms. The summed E-state index contributed by atoms with van der Waals surface area (Å²) in [6.07, 6.45) is 3.26. The van der Waals surface area contributed by atoms with Crippen molar-refractivity contribution in [1.29, 1.82) is 0 Å². The van der Waals surface area contributed by atoms with Crippen molar-refractivity contribution in [2.75, 3.05) is 6.61 Å². The van der Waals surface area contributed by atoms with Crippen LogP contribution in [0.5, 0.6) is 0 Å². The van der Waals surface area contributed by atoms with Gasteiger partial charge in [-0.3, -0.25) is 4.79 Å². The molecular formula is C12H24O3. The number of hydrogen-bond acceptors (Lipinski definition) is 3. The molecule has 15 heavy (non-hydrogen) atoms. The Labute approximate surface area is 92.8 Å². The van der Waals surface area contributed by atoms with Crippen molar-refractivity contribution in [1.82, 2.24) is 0 Å². The quantitative estimate of drug-likeness (QED) is 0.634. The minimum Gasteiger partial charge on any atom is -0.466 e. The van der Waals surface area contributed by atoms with Gasteiger partial charge in [-0.25, -0.2) is 0 Å². The number of ether oxygens (including phenoxy) is 1. The lowest BCUT2D eigenvalue weighted by atomic mass is 9.93. The summed E-state index contributed by atoms with van der Waals surface area (Å²) in [5, 5.41) is 9.78. The van der Waals surface area contributed by atoms with Crippen molar-refractivity contribution >= 4 is 5.97 Å². The maximum Gasteiger partial charge on any atom is 0.305 e. The van der Waals surface area contributed by atoms with Crippen LogP contribution >= 0.6 is 0 Å². The zero-order valence-corrected chi connectivity index (χ0v) is 10.2. The average Bonchev–Trinajstić information content (AvgIpc) is 2.25. The van der Waals surface area contributed by atoms with Crippen molar-refractivity contribution in [3.05, 3.63) is 0 Å². The standard InChI is InChI=1S/C12H24O3/c1-4-9-15-12(14)8-7-11(13)10(5-2)6-3/h10-11,13H,4-9H2,1-3H3. The minimum absolute atomic E-state index is 0.193. The predicted octanol–water partition coefficient (Wildman–Crippen LogP) is 2.52. The van der Waals surface area contributed by atoms with E-state index in [2.05, 4.69) is 13.8 Å². The molecule has 0 aromatic heterocycles. The number of hydrogen-bond donors (Lipinski definition) is 1. The molecule has 0 saturated carbocycles. The van der Waals surface area contributed by atoms with Gasteiger partial charge in [0.2, 0.25) is 0 Å². The Hall–Kier alpha value is -0.570. The van der Waals surface area contributed by atoms with E-state index in [-0.39, 0.29) is 12.1 Å². The molecule has 0 heterocycles. The fraction of sp³-hybridized carbons (Fsp3) is 0.917. The molecule has 0 spiro atoms. The largest absolute Gasteiger partial charge is 0.466 e. The highest BCUT2D eigenvalue weighted by Gasteiger charge is 2.16. The fourth-order valence-electron chi connectivity index (χ4n) is 1.62. The fourth-order valence-corrected chi connectivity index (χ4v) is 1.62. The monoisotopic (exact) mass is 216 g/mol. The van der Waals surface area contributed by atoms with Gasteiger partial charge in [-0.15, -0.1) is 0 Å². The molecule has 0 saturated heterocycles. The van der Waals surface area contributed by atoms with E-state index in [0.29, 0.717) is 25.4 Å². The van der Waals surface area contributed by atoms with Gasteiger partial charge in [0.1, 0.15) is 0 Å². The van der Waals surface area contributed by atoms with Crippen LogP contribution in [0.2, 0.25) is 0 Å². The summed E-state index contributed by atoms with van der Waals surface area (Å²) in [5.41, 5.74) is 0. The number of carbonyl (C=O) groups excluding carboxylic acids is 1. The summed E-state index contributed by atoms with van der Waals surface area (Å²) in [6.45, 7) is 6.58. The Balaban J connectivity index is 3.68. The first-order chi connectivity index (χ1) is 7.15. The van der Waals surface area contributed by atoms with Crippen molar-refractivity contribution in [3.63, 3.8) is 0 Å². The molecule has 3 heteroatoms. The Morgan fingerprint density at radius 3 is 2.33 bits per heavy atom. The van der Waals surface area contributed by atoms with Crippen LogP contribution in [0.4, 0.5) is 0 Å². The molecule has 0 aliphatic carbocycles. The highest BCUT2D eigenvalue weighted by molar-refractivity contribution is 5.69. The van der Waals surface area contributed by atoms with Crippen molar-refractivity contribution in [3.8, 4) is 0 Å². The zero-order valence-electron chi connectivity index (χ0n) is 10.2. The van der Waals surface area contributed by atoms with E-state index >= 15 is 0 Å². The Morgan fingerprint density at radius 1 is 1.27 bits per heavy atom. The minimum atomic E-state index is -0.367. The number of aliphatic hydroxyl groups excluding tert-OH is 1. The molecule has 0 amide bonds. The van der Waals surface area contributed by atoms with Gasteiger partial charge < -0.3 is 9.84 Å². The van der Waals surface area contributed by atoms with Crippen LogP contribution in [0.15, 0.2) is 0 Å². The first-order valence-electron chi connectivity index (χ1n) is 5.99. The van der Waals surface area contributed by atoms with Crippen LogP contribution in [0.3, 0.4) is 0 Å². The average molecular weight is 216 g/mol. The topological polar surface area (TPSA) is 46.5 Å². The van der Waals surface area contributed by atoms with Gasteiger partial charge in [-0.2, -0.15) is 0 Å². The lowest BCUT2D eigenvalue weighted by Crippen LogP contribution is -2.20. The normalized spacial score (nSPS) is 12.9. The second-order valence-corrected chi connectivity index (χ2v) is 3.90. The highest BCUT2D eigenvalue weighted by Crippen LogP contribution is 2.17. The lowest BCUT2D eigenvalue weighted by Gasteiger charge is -2.19. The summed E-state index contributed by atoms with van der Waals surface area (Å²) >= 11 is 0. The second-order valence-electron chi connectivity index (χ2n) is 3.90. The van der Waals surface area contributed by atoms with E-state index < -0.39 is 0 Å². The van der Waals surface area contributed by atoms with E-state index in [1.807, 2.05) is 6.92 Å². The molecule has 0 aromatic carbocycles. The van der Waals surface area contributed by atoms with E-state index in [1.165, 1.54) is 0 Å². The molecule has 0 radical (unpaired) electrons. The summed E-state index contributed by atoms with van der Waals surface area (Å²) in [5.74, 6) is 0.117. The smallest absolute Gasteiger partial charge is 0.305 e. The second kappa shape index (κ2) is 8.72. The van der Waals surface area contributed by atoms with Crippen LogP contribution in [0, 0.1) is 5.92 Å². The molecule has 0 rings (SSSR count). The van der Waals surface area contributed by atoms with Gasteiger partial charge in [-0.05, 0) is 18.8 Å². The predicted molar refractivity (Wildman–Crippen MR) is 60.6 cm³/mol. The van der Waals surface area contributed by atoms with Crippen LogP contribution in [0.1, 0.15) is 52.9 Å². The van der Waals surface area contributed by atoms with Crippen molar-refractivity contribution < 1.29 is 14.6 Å². The van der Waals surface area contributed by atoms with Gasteiger partial charge in [0.05, 0.1) is 12.7 Å². The maximum atomic E-state index is 11.2. The van der Waals surface area contributed by atoms with Gasteiger partial charge in [0.15, 0.2) is 0 Å². The van der Waals surface area contributed by atoms with E-state index in [9.17, 15) is 9.90 Å². The number of aliphatic hydroxyl groups is 1. The summed E-state index contributed by atoms with van der Waals surface area (Å²) in [6, 6.07) is 0. The van der Waals surface area contributed by atoms with E-state index in [1.54, 1.807) is 0 Å². The zero-order chi connectivity index (χ0) is 11.7. The molecule has 1 atom stereocenters. The first-order valence-corrected chi connectivity index (χ1v) is 5.99. The van der Waals surface area contributed by atoms with E-state index in [4.69, 9.17) is 4.74 Å².